The Bertz CT molecular complexity index is 509. The molecule has 0 spiro atoms. The molecule has 4 nitrogen and oxygen atoms in total. The van der Waals surface area contributed by atoms with E-state index in [-0.39, 0.29) is 5.91 Å². The number of ether oxygens (including phenoxy) is 1. The molecule has 0 radical (unpaired) electrons. The molecule has 0 aliphatic rings. The second kappa shape index (κ2) is 6.89. The number of thiazole rings is 1. The van der Waals surface area contributed by atoms with E-state index in [1.807, 2.05) is 36.6 Å². The molecule has 1 N–H and O–H groups in total. The average Bonchev–Trinajstić information content (AvgIpc) is 2.92. The van der Waals surface area contributed by atoms with Crippen LogP contribution in [-0.2, 0) is 11.2 Å². The number of carbonyl (C=O) groups is 1. The van der Waals surface area contributed by atoms with Crippen molar-refractivity contribution in [3.05, 3.63) is 40.8 Å². The van der Waals surface area contributed by atoms with Crippen molar-refractivity contribution in [2.75, 3.05) is 11.9 Å². The molecule has 0 bridgehead atoms. The van der Waals surface area contributed by atoms with E-state index in [4.69, 9.17) is 4.74 Å². The normalized spacial score (nSPS) is 10.2. The molecule has 2 aromatic rings. The molecule has 1 heterocycles. The zero-order chi connectivity index (χ0) is 13.5. The summed E-state index contributed by atoms with van der Waals surface area (Å²) in [7, 11) is 0. The number of rotatable bonds is 6. The Balaban J connectivity index is 1.81. The number of nitrogens with zero attached hydrogens (tertiary/aromatic N) is 1. The molecular formula is C14H16N2O2S. The van der Waals surface area contributed by atoms with Crippen LogP contribution in [0.4, 0.5) is 5.69 Å². The summed E-state index contributed by atoms with van der Waals surface area (Å²) in [5.41, 5.74) is 0.785. The third-order valence-corrected chi connectivity index (χ3v) is 3.34. The van der Waals surface area contributed by atoms with Crippen LogP contribution in [0.15, 0.2) is 35.8 Å². The van der Waals surface area contributed by atoms with Crippen molar-refractivity contribution in [3.63, 3.8) is 0 Å². The lowest BCUT2D eigenvalue weighted by Crippen LogP contribution is -2.12. The summed E-state index contributed by atoms with van der Waals surface area (Å²) >= 11 is 1.57. The molecule has 0 aliphatic heterocycles. The number of anilines is 1. The minimum absolute atomic E-state index is 0.000593. The van der Waals surface area contributed by atoms with Gasteiger partial charge in [-0.3, -0.25) is 4.79 Å². The third kappa shape index (κ3) is 4.37. The Labute approximate surface area is 116 Å². The monoisotopic (exact) mass is 276 g/mol. The highest BCUT2D eigenvalue weighted by Gasteiger charge is 2.04. The van der Waals surface area contributed by atoms with Crippen molar-refractivity contribution in [2.24, 2.45) is 0 Å². The summed E-state index contributed by atoms with van der Waals surface area (Å²) in [4.78, 5) is 15.9. The first kappa shape index (κ1) is 13.5. The van der Waals surface area contributed by atoms with Crippen molar-refractivity contribution in [2.45, 2.75) is 19.8 Å². The van der Waals surface area contributed by atoms with Crippen molar-refractivity contribution in [1.82, 2.24) is 4.98 Å². The fraction of sp³-hybridized carbons (Fsp3) is 0.286. The van der Waals surface area contributed by atoms with Gasteiger partial charge < -0.3 is 10.1 Å². The van der Waals surface area contributed by atoms with Crippen LogP contribution in [-0.4, -0.2) is 17.5 Å². The Morgan fingerprint density at radius 1 is 1.37 bits per heavy atom. The smallest absolute Gasteiger partial charge is 0.224 e. The first-order chi connectivity index (χ1) is 9.28. The topological polar surface area (TPSA) is 51.2 Å². The predicted octanol–water partition coefficient (Wildman–Crippen LogP) is 3.11. The summed E-state index contributed by atoms with van der Waals surface area (Å²) < 4.78 is 5.34. The third-order valence-electron chi connectivity index (χ3n) is 2.50. The lowest BCUT2D eigenvalue weighted by molar-refractivity contribution is -0.116. The van der Waals surface area contributed by atoms with Crippen LogP contribution < -0.4 is 10.1 Å². The maximum atomic E-state index is 11.8. The first-order valence-corrected chi connectivity index (χ1v) is 7.07. The first-order valence-electron chi connectivity index (χ1n) is 6.19. The molecule has 5 heteroatoms. The summed E-state index contributed by atoms with van der Waals surface area (Å²) in [6, 6.07) is 7.37. The van der Waals surface area contributed by atoms with Gasteiger partial charge in [0.05, 0.1) is 11.6 Å². The van der Waals surface area contributed by atoms with E-state index < -0.39 is 0 Å². The molecule has 0 atom stereocenters. The molecule has 0 saturated heterocycles. The molecule has 0 saturated carbocycles. The predicted molar refractivity (Wildman–Crippen MR) is 76.7 cm³/mol. The fourth-order valence-electron chi connectivity index (χ4n) is 1.62. The van der Waals surface area contributed by atoms with E-state index in [1.54, 1.807) is 17.5 Å². The van der Waals surface area contributed by atoms with E-state index in [2.05, 4.69) is 10.3 Å². The van der Waals surface area contributed by atoms with E-state index in [0.717, 1.165) is 16.4 Å². The quantitative estimate of drug-likeness (QED) is 0.882. The molecular weight excluding hydrogens is 260 g/mol. The highest BCUT2D eigenvalue weighted by atomic mass is 32.1. The highest BCUT2D eigenvalue weighted by molar-refractivity contribution is 7.09. The number of carbonyl (C=O) groups excluding carboxylic acids is 1. The molecule has 2 rings (SSSR count). The van der Waals surface area contributed by atoms with Gasteiger partial charge in [-0.15, -0.1) is 11.3 Å². The molecule has 1 amide bonds. The minimum atomic E-state index is -0.000593. The number of amides is 1. The van der Waals surface area contributed by atoms with E-state index in [1.165, 1.54) is 0 Å². The molecule has 1 aromatic carbocycles. The molecule has 0 aliphatic carbocycles. The summed E-state index contributed by atoms with van der Waals surface area (Å²) in [6.45, 7) is 2.58. The fourth-order valence-corrected chi connectivity index (χ4v) is 2.24. The molecule has 100 valence electrons. The van der Waals surface area contributed by atoms with Gasteiger partial charge in [0.25, 0.3) is 0 Å². The van der Waals surface area contributed by atoms with Gasteiger partial charge in [-0.05, 0) is 31.2 Å². The summed E-state index contributed by atoms with van der Waals surface area (Å²) in [5, 5.41) is 5.76. The van der Waals surface area contributed by atoms with Gasteiger partial charge in [0.1, 0.15) is 5.75 Å². The van der Waals surface area contributed by atoms with Gasteiger partial charge in [0.2, 0.25) is 5.91 Å². The zero-order valence-corrected chi connectivity index (χ0v) is 11.6. The summed E-state index contributed by atoms with van der Waals surface area (Å²) in [5.74, 6) is 0.808. The number of hydrogen-bond donors (Lipinski definition) is 1. The Morgan fingerprint density at radius 2 is 2.16 bits per heavy atom. The number of aromatic nitrogens is 1. The standard InChI is InChI=1S/C14H16N2O2S/c1-2-18-12-5-3-11(4-6-12)16-13(17)7-8-14-15-9-10-19-14/h3-6,9-10H,2,7-8H2,1H3,(H,16,17). The van der Waals surface area contributed by atoms with Gasteiger partial charge in [-0.2, -0.15) is 0 Å². The van der Waals surface area contributed by atoms with E-state index in [9.17, 15) is 4.79 Å². The van der Waals surface area contributed by atoms with Gasteiger partial charge in [0.15, 0.2) is 0 Å². The van der Waals surface area contributed by atoms with Crippen LogP contribution in [0, 0.1) is 0 Å². The number of aryl methyl sites for hydroxylation is 1. The van der Waals surface area contributed by atoms with Crippen molar-refractivity contribution in [1.29, 1.82) is 0 Å². The van der Waals surface area contributed by atoms with Crippen LogP contribution in [0.3, 0.4) is 0 Å². The van der Waals surface area contributed by atoms with Gasteiger partial charge >= 0.3 is 0 Å². The summed E-state index contributed by atoms with van der Waals surface area (Å²) in [6.07, 6.45) is 2.88. The highest BCUT2D eigenvalue weighted by Crippen LogP contribution is 2.16. The Kier molecular flexibility index (Phi) is 4.92. The van der Waals surface area contributed by atoms with Crippen molar-refractivity contribution < 1.29 is 9.53 Å². The second-order valence-corrected chi connectivity index (χ2v) is 4.91. The maximum absolute atomic E-state index is 11.8. The van der Waals surface area contributed by atoms with E-state index >= 15 is 0 Å². The molecule has 19 heavy (non-hydrogen) atoms. The Hall–Kier alpha value is -1.88. The lowest BCUT2D eigenvalue weighted by Gasteiger charge is -2.06. The van der Waals surface area contributed by atoms with Gasteiger partial charge in [-0.1, -0.05) is 0 Å². The van der Waals surface area contributed by atoms with Crippen molar-refractivity contribution in [3.8, 4) is 5.75 Å². The largest absolute Gasteiger partial charge is 0.494 e. The van der Waals surface area contributed by atoms with Crippen LogP contribution >= 0.6 is 11.3 Å². The van der Waals surface area contributed by atoms with Crippen LogP contribution in [0.25, 0.3) is 0 Å². The van der Waals surface area contributed by atoms with E-state index in [0.29, 0.717) is 19.4 Å². The SMILES string of the molecule is CCOc1ccc(NC(=O)CCc2nccs2)cc1. The van der Waals surface area contributed by atoms with Crippen LogP contribution in [0.1, 0.15) is 18.4 Å². The van der Waals surface area contributed by atoms with Crippen LogP contribution in [0.2, 0.25) is 0 Å². The minimum Gasteiger partial charge on any atom is -0.494 e. The number of nitrogens with one attached hydrogen (secondary N) is 1. The zero-order valence-electron chi connectivity index (χ0n) is 10.8. The molecule has 0 unspecified atom stereocenters. The second-order valence-electron chi connectivity index (χ2n) is 3.93. The van der Waals surface area contributed by atoms with Gasteiger partial charge in [-0.25, -0.2) is 4.98 Å². The van der Waals surface area contributed by atoms with Crippen LogP contribution in [0.5, 0.6) is 5.75 Å². The molecule has 1 aromatic heterocycles. The maximum Gasteiger partial charge on any atom is 0.224 e. The number of hydrogen-bond acceptors (Lipinski definition) is 4. The van der Waals surface area contributed by atoms with Gasteiger partial charge in [0, 0.05) is 30.1 Å². The average molecular weight is 276 g/mol. The van der Waals surface area contributed by atoms with Crippen molar-refractivity contribution >= 4 is 22.9 Å². The number of benzene rings is 1. The lowest BCUT2D eigenvalue weighted by atomic mass is 10.2. The Morgan fingerprint density at radius 3 is 2.79 bits per heavy atom. The molecule has 0 fully saturated rings.